The minimum absolute atomic E-state index is 0.0808. The first-order valence-corrected chi connectivity index (χ1v) is 11.8. The summed E-state index contributed by atoms with van der Waals surface area (Å²) in [6.07, 6.45) is 13.5. The third kappa shape index (κ3) is 4.02. The summed E-state index contributed by atoms with van der Waals surface area (Å²) in [5, 5.41) is 19.7. The summed E-state index contributed by atoms with van der Waals surface area (Å²) < 4.78 is 1.98. The SMILES string of the molecule is O[C@@H]1C[C@H]2CN(Cc3cncs3)C[C@H]2C[C@H]1n1cc(CC2CCCCC2)nn1. The van der Waals surface area contributed by atoms with Crippen LogP contribution in [0.5, 0.6) is 0 Å². The number of thiazole rings is 1. The number of aromatic nitrogens is 4. The number of hydrogen-bond donors (Lipinski definition) is 1. The summed E-state index contributed by atoms with van der Waals surface area (Å²) in [6, 6.07) is 0.0808. The number of nitrogens with zero attached hydrogens (tertiary/aromatic N) is 5. The fraction of sp³-hybridized carbons (Fsp3) is 0.762. The Bertz CT molecular complexity index is 757. The van der Waals surface area contributed by atoms with Crippen molar-refractivity contribution in [1.82, 2.24) is 24.9 Å². The van der Waals surface area contributed by atoms with Crippen molar-refractivity contribution in [3.63, 3.8) is 0 Å². The van der Waals surface area contributed by atoms with Gasteiger partial charge in [0.25, 0.3) is 0 Å². The predicted molar refractivity (Wildman–Crippen MR) is 109 cm³/mol. The normalized spacial score (nSPS) is 31.9. The number of aliphatic hydroxyl groups is 1. The van der Waals surface area contributed by atoms with Crippen LogP contribution in [-0.4, -0.2) is 49.2 Å². The largest absolute Gasteiger partial charge is 0.391 e. The quantitative estimate of drug-likeness (QED) is 0.833. The number of rotatable bonds is 5. The zero-order chi connectivity index (χ0) is 18.9. The molecule has 1 saturated heterocycles. The highest BCUT2D eigenvalue weighted by atomic mass is 32.1. The molecular formula is C21H31N5OS. The first kappa shape index (κ1) is 18.7. The minimum Gasteiger partial charge on any atom is -0.391 e. The average molecular weight is 402 g/mol. The van der Waals surface area contributed by atoms with Crippen LogP contribution in [0, 0.1) is 17.8 Å². The van der Waals surface area contributed by atoms with E-state index in [1.165, 1.54) is 37.0 Å². The maximum atomic E-state index is 10.8. The van der Waals surface area contributed by atoms with E-state index in [-0.39, 0.29) is 12.1 Å². The van der Waals surface area contributed by atoms with E-state index >= 15 is 0 Å². The van der Waals surface area contributed by atoms with Crippen LogP contribution in [0.3, 0.4) is 0 Å². The summed E-state index contributed by atoms with van der Waals surface area (Å²) >= 11 is 1.73. The molecule has 0 radical (unpaired) electrons. The van der Waals surface area contributed by atoms with Crippen LogP contribution in [0.4, 0.5) is 0 Å². The van der Waals surface area contributed by atoms with Crippen LogP contribution in [0.15, 0.2) is 17.9 Å². The van der Waals surface area contributed by atoms with Gasteiger partial charge < -0.3 is 5.11 Å². The van der Waals surface area contributed by atoms with Crippen molar-refractivity contribution >= 4 is 11.3 Å². The lowest BCUT2D eigenvalue weighted by atomic mass is 9.77. The number of hydrogen-bond acceptors (Lipinski definition) is 6. The summed E-state index contributed by atoms with van der Waals surface area (Å²) in [4.78, 5) is 8.06. The standard InChI is InChI=1S/C21H31N5OS/c27-21-8-17-11-25(13-19-9-22-14-28-19)10-16(17)7-20(21)26-12-18(23-24-26)6-15-4-2-1-3-5-15/h9,12,14-17,20-21,27H,1-8,10-11,13H2/t16-,17+,20-,21-/m1/s1. The summed E-state index contributed by atoms with van der Waals surface area (Å²) in [5.41, 5.74) is 3.02. The Morgan fingerprint density at radius 2 is 1.93 bits per heavy atom. The zero-order valence-corrected chi connectivity index (χ0v) is 17.3. The second-order valence-corrected chi connectivity index (χ2v) is 10.2. The molecular weight excluding hydrogens is 370 g/mol. The van der Waals surface area contributed by atoms with E-state index < -0.39 is 0 Å². The molecule has 28 heavy (non-hydrogen) atoms. The number of fused-ring (bicyclic) bond motifs is 1. The average Bonchev–Trinajstić information content (AvgIpc) is 3.43. The summed E-state index contributed by atoms with van der Waals surface area (Å²) in [5.74, 6) is 2.02. The Kier molecular flexibility index (Phi) is 5.48. The van der Waals surface area contributed by atoms with E-state index in [9.17, 15) is 5.11 Å². The van der Waals surface area contributed by atoms with Crippen LogP contribution in [0.2, 0.25) is 0 Å². The third-order valence-electron chi connectivity index (χ3n) is 7.17. The molecule has 2 aliphatic carbocycles. The molecule has 4 atom stereocenters. The minimum atomic E-state index is -0.311. The van der Waals surface area contributed by atoms with E-state index in [1.54, 1.807) is 11.3 Å². The summed E-state index contributed by atoms with van der Waals surface area (Å²) in [7, 11) is 0. The van der Waals surface area contributed by atoms with Gasteiger partial charge in [-0.15, -0.1) is 16.4 Å². The Morgan fingerprint density at radius 1 is 1.11 bits per heavy atom. The van der Waals surface area contributed by atoms with Gasteiger partial charge >= 0.3 is 0 Å². The van der Waals surface area contributed by atoms with E-state index in [2.05, 4.69) is 26.4 Å². The Morgan fingerprint density at radius 3 is 2.71 bits per heavy atom. The van der Waals surface area contributed by atoms with Crippen LogP contribution in [0.25, 0.3) is 0 Å². The number of aliphatic hydroxyl groups excluding tert-OH is 1. The summed E-state index contributed by atoms with van der Waals surface area (Å²) in [6.45, 7) is 3.21. The predicted octanol–water partition coefficient (Wildman–Crippen LogP) is 3.30. The van der Waals surface area contributed by atoms with Gasteiger partial charge in [-0.2, -0.15) is 0 Å². The van der Waals surface area contributed by atoms with E-state index in [0.717, 1.165) is 50.5 Å². The van der Waals surface area contributed by atoms with Crippen molar-refractivity contribution in [3.05, 3.63) is 28.5 Å². The van der Waals surface area contributed by atoms with Gasteiger partial charge in [0, 0.05) is 36.9 Å². The molecule has 1 N–H and O–H groups in total. The van der Waals surface area contributed by atoms with Crippen LogP contribution >= 0.6 is 11.3 Å². The lowest BCUT2D eigenvalue weighted by Gasteiger charge is -2.35. The first-order valence-electron chi connectivity index (χ1n) is 10.9. The van der Waals surface area contributed by atoms with Crippen molar-refractivity contribution in [2.75, 3.05) is 13.1 Å². The molecule has 2 saturated carbocycles. The maximum absolute atomic E-state index is 10.8. The van der Waals surface area contributed by atoms with E-state index in [1.807, 2.05) is 16.4 Å². The van der Waals surface area contributed by atoms with E-state index in [0.29, 0.717) is 11.8 Å². The molecule has 0 unspecified atom stereocenters. The van der Waals surface area contributed by atoms with Gasteiger partial charge in [-0.1, -0.05) is 37.3 Å². The fourth-order valence-corrected chi connectivity index (χ4v) is 6.35. The fourth-order valence-electron chi connectivity index (χ4n) is 5.71. The highest BCUT2D eigenvalue weighted by molar-refractivity contribution is 7.09. The van der Waals surface area contributed by atoms with Gasteiger partial charge in [-0.25, -0.2) is 4.68 Å². The molecule has 0 amide bonds. The molecule has 2 aromatic heterocycles. The molecule has 1 aliphatic heterocycles. The molecule has 0 spiro atoms. The molecule has 0 bridgehead atoms. The zero-order valence-electron chi connectivity index (χ0n) is 16.5. The molecule has 3 fully saturated rings. The molecule has 0 aromatic carbocycles. The van der Waals surface area contributed by atoms with Gasteiger partial charge in [-0.05, 0) is 37.0 Å². The van der Waals surface area contributed by atoms with Gasteiger partial charge in [0.1, 0.15) is 0 Å². The Labute approximate surface area is 171 Å². The van der Waals surface area contributed by atoms with Gasteiger partial charge in [0.15, 0.2) is 0 Å². The van der Waals surface area contributed by atoms with Gasteiger partial charge in [-0.3, -0.25) is 9.88 Å². The molecule has 2 aromatic rings. The van der Waals surface area contributed by atoms with Crippen molar-refractivity contribution in [1.29, 1.82) is 0 Å². The lowest BCUT2D eigenvalue weighted by molar-refractivity contribution is 0.0298. The van der Waals surface area contributed by atoms with Crippen LogP contribution in [0.1, 0.15) is 61.6 Å². The number of likely N-dealkylation sites (tertiary alicyclic amines) is 1. The smallest absolute Gasteiger partial charge is 0.0830 e. The van der Waals surface area contributed by atoms with E-state index in [4.69, 9.17) is 0 Å². The maximum Gasteiger partial charge on any atom is 0.0830 e. The Balaban J connectivity index is 1.21. The molecule has 152 valence electrons. The van der Waals surface area contributed by atoms with Crippen molar-refractivity contribution in [3.8, 4) is 0 Å². The molecule has 5 rings (SSSR count). The van der Waals surface area contributed by atoms with Gasteiger partial charge in [0.05, 0.1) is 23.4 Å². The molecule has 6 nitrogen and oxygen atoms in total. The van der Waals surface area contributed by atoms with Crippen LogP contribution < -0.4 is 0 Å². The van der Waals surface area contributed by atoms with Crippen molar-refractivity contribution in [2.45, 2.75) is 70.1 Å². The van der Waals surface area contributed by atoms with Crippen molar-refractivity contribution < 1.29 is 5.11 Å². The highest BCUT2D eigenvalue weighted by Crippen LogP contribution is 2.41. The molecule has 7 heteroatoms. The Hall–Kier alpha value is -1.31. The monoisotopic (exact) mass is 401 g/mol. The molecule has 3 aliphatic rings. The van der Waals surface area contributed by atoms with Gasteiger partial charge in [0.2, 0.25) is 0 Å². The highest BCUT2D eigenvalue weighted by Gasteiger charge is 2.42. The second-order valence-electron chi connectivity index (χ2n) is 9.19. The van der Waals surface area contributed by atoms with Crippen LogP contribution in [-0.2, 0) is 13.0 Å². The topological polar surface area (TPSA) is 67.1 Å². The van der Waals surface area contributed by atoms with Crippen molar-refractivity contribution in [2.24, 2.45) is 17.8 Å². The lowest BCUT2D eigenvalue weighted by Crippen LogP contribution is -2.36. The third-order valence-corrected chi connectivity index (χ3v) is 7.93. The molecule has 3 heterocycles. The second kappa shape index (κ2) is 8.20. The first-order chi connectivity index (χ1) is 13.7.